The van der Waals surface area contributed by atoms with E-state index in [1.165, 1.54) is 12.7 Å². The van der Waals surface area contributed by atoms with Gasteiger partial charge in [-0.3, -0.25) is 4.79 Å². The lowest BCUT2D eigenvalue weighted by Gasteiger charge is -2.09. The van der Waals surface area contributed by atoms with Crippen molar-refractivity contribution in [1.82, 2.24) is 4.98 Å². The van der Waals surface area contributed by atoms with Gasteiger partial charge in [-0.1, -0.05) is 48.5 Å². The van der Waals surface area contributed by atoms with Crippen LogP contribution in [0.4, 0.5) is 0 Å². The lowest BCUT2D eigenvalue weighted by molar-refractivity contribution is -0.139. The largest absolute Gasteiger partial charge is 0.469 e. The summed E-state index contributed by atoms with van der Waals surface area (Å²) in [5.74, 6) is -0.227. The highest BCUT2D eigenvalue weighted by Crippen LogP contribution is 2.34. The highest BCUT2D eigenvalue weighted by molar-refractivity contribution is 7.15. The zero-order valence-corrected chi connectivity index (χ0v) is 15.1. The molecule has 0 atom stereocenters. The number of fused-ring (bicyclic) bond motifs is 1. The summed E-state index contributed by atoms with van der Waals surface area (Å²) in [4.78, 5) is 18.4. The fourth-order valence-corrected chi connectivity index (χ4v) is 3.94. The number of thiophene rings is 1. The molecule has 2 aromatic heterocycles. The molecule has 2 heterocycles. The summed E-state index contributed by atoms with van der Waals surface area (Å²) < 4.78 is 4.76. The second-order valence-electron chi connectivity index (χ2n) is 5.96. The number of benzene rings is 2. The Bertz CT molecular complexity index is 1070. The van der Waals surface area contributed by atoms with Gasteiger partial charge in [0.25, 0.3) is 0 Å². The Morgan fingerprint density at radius 1 is 1.00 bits per heavy atom. The minimum absolute atomic E-state index is 0.227. The predicted octanol–water partition coefficient (Wildman–Crippen LogP) is 5.35. The number of methoxy groups -OCH3 is 1. The van der Waals surface area contributed by atoms with Crippen LogP contribution >= 0.6 is 11.3 Å². The van der Waals surface area contributed by atoms with Crippen LogP contribution in [0.3, 0.4) is 0 Å². The minimum atomic E-state index is -0.227. The third-order valence-electron chi connectivity index (χ3n) is 4.26. The molecular formula is C22H17NO2S. The van der Waals surface area contributed by atoms with Crippen molar-refractivity contribution >= 4 is 28.2 Å². The first-order valence-corrected chi connectivity index (χ1v) is 9.17. The van der Waals surface area contributed by atoms with E-state index in [-0.39, 0.29) is 5.97 Å². The Kier molecular flexibility index (Phi) is 4.50. The van der Waals surface area contributed by atoms with Gasteiger partial charge in [0.1, 0.15) is 0 Å². The van der Waals surface area contributed by atoms with Crippen LogP contribution in [-0.2, 0) is 16.0 Å². The number of rotatable bonds is 4. The van der Waals surface area contributed by atoms with E-state index in [0.29, 0.717) is 6.42 Å². The molecule has 0 radical (unpaired) electrons. The van der Waals surface area contributed by atoms with E-state index in [2.05, 4.69) is 24.3 Å². The Balaban J connectivity index is 1.83. The first-order chi connectivity index (χ1) is 12.7. The zero-order valence-electron chi connectivity index (χ0n) is 14.3. The highest BCUT2D eigenvalue weighted by Gasteiger charge is 2.12. The maximum Gasteiger partial charge on any atom is 0.310 e. The van der Waals surface area contributed by atoms with Gasteiger partial charge < -0.3 is 4.74 Å². The van der Waals surface area contributed by atoms with Crippen LogP contribution in [0.15, 0.2) is 72.8 Å². The van der Waals surface area contributed by atoms with E-state index >= 15 is 0 Å². The lowest BCUT2D eigenvalue weighted by Crippen LogP contribution is -2.02. The zero-order chi connectivity index (χ0) is 17.9. The molecule has 0 fully saturated rings. The maximum atomic E-state index is 11.5. The summed E-state index contributed by atoms with van der Waals surface area (Å²) in [6.45, 7) is 0. The van der Waals surface area contributed by atoms with Crippen molar-refractivity contribution in [2.75, 3.05) is 7.11 Å². The summed E-state index contributed by atoms with van der Waals surface area (Å²) in [6.07, 6.45) is 0.292. The summed E-state index contributed by atoms with van der Waals surface area (Å²) >= 11 is 1.58. The Labute approximate surface area is 155 Å². The normalized spacial score (nSPS) is 10.8. The smallest absolute Gasteiger partial charge is 0.310 e. The number of hydrogen-bond acceptors (Lipinski definition) is 4. The maximum absolute atomic E-state index is 11.5. The van der Waals surface area contributed by atoms with Gasteiger partial charge >= 0.3 is 5.97 Å². The first-order valence-electron chi connectivity index (χ1n) is 8.36. The van der Waals surface area contributed by atoms with Crippen molar-refractivity contribution < 1.29 is 9.53 Å². The van der Waals surface area contributed by atoms with Gasteiger partial charge in [-0.15, -0.1) is 11.3 Å². The number of pyridine rings is 1. The number of aromatic nitrogens is 1. The molecule has 26 heavy (non-hydrogen) atoms. The van der Waals surface area contributed by atoms with E-state index in [1.807, 2.05) is 48.5 Å². The molecule has 0 saturated heterocycles. The molecule has 0 bridgehead atoms. The predicted molar refractivity (Wildman–Crippen MR) is 106 cm³/mol. The van der Waals surface area contributed by atoms with Crippen LogP contribution in [0.2, 0.25) is 0 Å². The molecule has 128 valence electrons. The summed E-state index contributed by atoms with van der Waals surface area (Å²) in [6, 6.07) is 24.6. The van der Waals surface area contributed by atoms with Crippen molar-refractivity contribution in [1.29, 1.82) is 0 Å². The average molecular weight is 359 g/mol. The monoisotopic (exact) mass is 359 g/mol. The second-order valence-corrected chi connectivity index (χ2v) is 7.13. The van der Waals surface area contributed by atoms with Crippen molar-refractivity contribution in [3.05, 3.63) is 77.7 Å². The van der Waals surface area contributed by atoms with E-state index in [9.17, 15) is 4.79 Å². The second kappa shape index (κ2) is 7.10. The van der Waals surface area contributed by atoms with Crippen LogP contribution in [0, 0.1) is 0 Å². The fraction of sp³-hybridized carbons (Fsp3) is 0.0909. The fourth-order valence-electron chi connectivity index (χ4n) is 2.98. The third kappa shape index (κ3) is 3.24. The molecule has 0 amide bonds. The first kappa shape index (κ1) is 16.5. The van der Waals surface area contributed by atoms with Crippen molar-refractivity contribution in [3.63, 3.8) is 0 Å². The quantitative estimate of drug-likeness (QED) is 0.461. The van der Waals surface area contributed by atoms with E-state index in [1.54, 1.807) is 11.3 Å². The van der Waals surface area contributed by atoms with Gasteiger partial charge in [-0.25, -0.2) is 4.98 Å². The van der Waals surface area contributed by atoms with Crippen molar-refractivity contribution in [2.24, 2.45) is 0 Å². The van der Waals surface area contributed by atoms with Crippen molar-refractivity contribution in [2.45, 2.75) is 6.42 Å². The number of para-hydroxylation sites is 1. The molecule has 3 nitrogen and oxygen atoms in total. The molecule has 0 aliphatic rings. The molecule has 2 aromatic carbocycles. The number of esters is 1. The third-order valence-corrected chi connectivity index (χ3v) is 5.37. The molecule has 4 rings (SSSR count). The Morgan fingerprint density at radius 2 is 1.77 bits per heavy atom. The summed E-state index contributed by atoms with van der Waals surface area (Å²) in [5.41, 5.74) is 4.21. The molecule has 0 aliphatic carbocycles. The molecule has 0 unspecified atom stereocenters. The Hall–Kier alpha value is -2.98. The van der Waals surface area contributed by atoms with Crippen LogP contribution in [0.5, 0.6) is 0 Å². The SMILES string of the molecule is COC(=O)Cc1ccc(-c2cc(-c3ccccc3)c3ccccc3n2)s1. The molecule has 0 N–H and O–H groups in total. The number of carbonyl (C=O) groups is 1. The van der Waals surface area contributed by atoms with Gasteiger partial charge in [0, 0.05) is 10.3 Å². The minimum Gasteiger partial charge on any atom is -0.469 e. The van der Waals surface area contributed by atoms with Crippen LogP contribution in [-0.4, -0.2) is 18.1 Å². The van der Waals surface area contributed by atoms with Crippen molar-refractivity contribution in [3.8, 4) is 21.7 Å². The molecule has 0 spiro atoms. The topological polar surface area (TPSA) is 39.2 Å². The molecule has 4 aromatic rings. The molecule has 4 heteroatoms. The van der Waals surface area contributed by atoms with Gasteiger partial charge in [0.15, 0.2) is 0 Å². The summed E-state index contributed by atoms with van der Waals surface area (Å²) in [7, 11) is 1.41. The number of ether oxygens (including phenoxy) is 1. The van der Waals surface area contributed by atoms with Gasteiger partial charge in [0.05, 0.1) is 29.6 Å². The van der Waals surface area contributed by atoms with E-state index < -0.39 is 0 Å². The number of carbonyl (C=O) groups excluding carboxylic acids is 1. The standard InChI is InChI=1S/C22H17NO2S/c1-25-22(24)13-16-11-12-21(26-16)20-14-18(15-7-3-2-4-8-15)17-9-5-6-10-19(17)23-20/h2-12,14H,13H2,1H3. The van der Waals surface area contributed by atoms with Crippen LogP contribution in [0.25, 0.3) is 32.6 Å². The van der Waals surface area contributed by atoms with Gasteiger partial charge in [-0.05, 0) is 35.4 Å². The lowest BCUT2D eigenvalue weighted by atomic mass is 10.00. The summed E-state index contributed by atoms with van der Waals surface area (Å²) in [5, 5.41) is 1.13. The Morgan fingerprint density at radius 3 is 2.58 bits per heavy atom. The highest BCUT2D eigenvalue weighted by atomic mass is 32.1. The van der Waals surface area contributed by atoms with Crippen LogP contribution < -0.4 is 0 Å². The molecule has 0 aliphatic heterocycles. The molecular weight excluding hydrogens is 342 g/mol. The van der Waals surface area contributed by atoms with Crippen LogP contribution in [0.1, 0.15) is 4.88 Å². The average Bonchev–Trinajstić information content (AvgIpc) is 3.16. The van der Waals surface area contributed by atoms with Gasteiger partial charge in [-0.2, -0.15) is 0 Å². The number of nitrogens with zero attached hydrogens (tertiary/aromatic N) is 1. The van der Waals surface area contributed by atoms with Gasteiger partial charge in [0.2, 0.25) is 0 Å². The number of hydrogen-bond donors (Lipinski definition) is 0. The van der Waals surface area contributed by atoms with E-state index in [0.717, 1.165) is 31.9 Å². The molecule has 0 saturated carbocycles. The van der Waals surface area contributed by atoms with E-state index in [4.69, 9.17) is 9.72 Å².